The van der Waals surface area contributed by atoms with Gasteiger partial charge in [0.05, 0.1) is 17.2 Å². The third-order valence-electron chi connectivity index (χ3n) is 2.90. The van der Waals surface area contributed by atoms with E-state index in [4.69, 9.17) is 4.74 Å². The van der Waals surface area contributed by atoms with Crippen LogP contribution in [0, 0.1) is 0 Å². The molecule has 1 aromatic rings. The number of hydrogen-bond donors (Lipinski definition) is 2. The number of rotatable bonds is 3. The van der Waals surface area contributed by atoms with Gasteiger partial charge in [-0.1, -0.05) is 0 Å². The van der Waals surface area contributed by atoms with Crippen molar-refractivity contribution in [2.24, 2.45) is 0 Å². The minimum absolute atomic E-state index is 0.0821. The first-order valence-corrected chi connectivity index (χ1v) is 7.45. The van der Waals surface area contributed by atoms with Crippen molar-refractivity contribution < 1.29 is 9.84 Å². The number of thioether (sulfide) groups is 1. The number of aliphatic hydroxyl groups is 1. The Morgan fingerprint density at radius 2 is 2.39 bits per heavy atom. The number of halogens is 1. The fraction of sp³-hybridized carbons (Fsp3) is 0.600. The molecule has 2 rings (SSSR count). The number of hydrogen-bond acceptors (Lipinski definition) is 5. The highest BCUT2D eigenvalue weighted by atomic mass is 79.9. The topological polar surface area (TPSA) is 84.3 Å². The second kappa shape index (κ2) is 5.60. The van der Waals surface area contributed by atoms with E-state index in [2.05, 4.69) is 20.9 Å². The van der Waals surface area contributed by atoms with Gasteiger partial charge in [-0.15, -0.1) is 0 Å². The summed E-state index contributed by atoms with van der Waals surface area (Å²) >= 11 is 4.67. The summed E-state index contributed by atoms with van der Waals surface area (Å²) in [4.78, 5) is 25.2. The van der Waals surface area contributed by atoms with Gasteiger partial charge in [0.15, 0.2) is 0 Å². The minimum Gasteiger partial charge on any atom is -0.394 e. The molecule has 2 heterocycles. The molecule has 0 unspecified atom stereocenters. The van der Waals surface area contributed by atoms with E-state index in [1.165, 1.54) is 10.8 Å². The molecule has 18 heavy (non-hydrogen) atoms. The maximum absolute atomic E-state index is 11.7. The second-order valence-electron chi connectivity index (χ2n) is 3.97. The number of aromatic amines is 1. The van der Waals surface area contributed by atoms with E-state index in [9.17, 15) is 14.7 Å². The van der Waals surface area contributed by atoms with Gasteiger partial charge < -0.3 is 9.84 Å². The Morgan fingerprint density at radius 1 is 1.67 bits per heavy atom. The predicted octanol–water partition coefficient (Wildman–Crippen LogP) is 0.310. The van der Waals surface area contributed by atoms with Crippen molar-refractivity contribution in [3.63, 3.8) is 0 Å². The third-order valence-corrected chi connectivity index (χ3v) is 4.56. The van der Waals surface area contributed by atoms with E-state index in [-0.39, 0.29) is 22.4 Å². The van der Waals surface area contributed by atoms with Crippen LogP contribution in [-0.4, -0.2) is 38.9 Å². The first-order valence-electron chi connectivity index (χ1n) is 5.37. The molecule has 8 heteroatoms. The number of aliphatic hydroxyl groups excluding tert-OH is 1. The SMILES string of the molecule is CS[C@@H]1C[C@H](n2cc(Br)c(=O)[nH]c2=O)O[C@@H]1CO. The van der Waals surface area contributed by atoms with Crippen molar-refractivity contribution in [2.75, 3.05) is 12.9 Å². The molecule has 2 N–H and O–H groups in total. The normalized spacial score (nSPS) is 27.6. The van der Waals surface area contributed by atoms with Crippen LogP contribution in [0.3, 0.4) is 0 Å². The lowest BCUT2D eigenvalue weighted by Gasteiger charge is -2.14. The molecule has 100 valence electrons. The van der Waals surface area contributed by atoms with Gasteiger partial charge in [0.2, 0.25) is 0 Å². The van der Waals surface area contributed by atoms with Gasteiger partial charge in [0, 0.05) is 17.9 Å². The zero-order valence-electron chi connectivity index (χ0n) is 9.63. The maximum atomic E-state index is 11.7. The highest BCUT2D eigenvalue weighted by Crippen LogP contribution is 2.34. The molecule has 0 aliphatic carbocycles. The van der Waals surface area contributed by atoms with Crippen LogP contribution in [0.5, 0.6) is 0 Å². The van der Waals surface area contributed by atoms with Gasteiger partial charge in [0.1, 0.15) is 6.23 Å². The van der Waals surface area contributed by atoms with E-state index < -0.39 is 17.5 Å². The van der Waals surface area contributed by atoms with E-state index >= 15 is 0 Å². The van der Waals surface area contributed by atoms with Gasteiger partial charge >= 0.3 is 5.69 Å². The second-order valence-corrected chi connectivity index (χ2v) is 5.90. The fourth-order valence-corrected chi connectivity index (χ4v) is 3.09. The highest BCUT2D eigenvalue weighted by molar-refractivity contribution is 9.10. The predicted molar refractivity (Wildman–Crippen MR) is 71.9 cm³/mol. The van der Waals surface area contributed by atoms with Crippen molar-refractivity contribution in [1.82, 2.24) is 9.55 Å². The Kier molecular flexibility index (Phi) is 4.31. The van der Waals surface area contributed by atoms with E-state index in [0.29, 0.717) is 6.42 Å². The van der Waals surface area contributed by atoms with Crippen LogP contribution < -0.4 is 11.2 Å². The van der Waals surface area contributed by atoms with Gasteiger partial charge in [-0.2, -0.15) is 11.8 Å². The van der Waals surface area contributed by atoms with Gasteiger partial charge in [0.25, 0.3) is 5.56 Å². The number of ether oxygens (including phenoxy) is 1. The Labute approximate surface area is 115 Å². The summed E-state index contributed by atoms with van der Waals surface area (Å²) in [5.74, 6) is 0. The van der Waals surface area contributed by atoms with Crippen LogP contribution in [-0.2, 0) is 4.74 Å². The van der Waals surface area contributed by atoms with Crippen molar-refractivity contribution in [1.29, 1.82) is 0 Å². The number of nitrogens with one attached hydrogen (secondary N) is 1. The van der Waals surface area contributed by atoms with Crippen LogP contribution in [0.2, 0.25) is 0 Å². The largest absolute Gasteiger partial charge is 0.394 e. The molecule has 0 radical (unpaired) electrons. The minimum atomic E-state index is -0.508. The van der Waals surface area contributed by atoms with Crippen molar-refractivity contribution >= 4 is 27.7 Å². The molecule has 0 saturated carbocycles. The molecule has 1 aromatic heterocycles. The van der Waals surface area contributed by atoms with Crippen molar-refractivity contribution in [3.05, 3.63) is 31.5 Å². The number of nitrogens with zero attached hydrogens (tertiary/aromatic N) is 1. The summed E-state index contributed by atoms with van der Waals surface area (Å²) in [6.07, 6.45) is 3.22. The summed E-state index contributed by atoms with van der Waals surface area (Å²) in [5.41, 5.74) is -0.971. The Bertz CT molecular complexity index is 531. The lowest BCUT2D eigenvalue weighted by molar-refractivity contribution is -0.0238. The zero-order chi connectivity index (χ0) is 13.3. The lowest BCUT2D eigenvalue weighted by Crippen LogP contribution is -2.32. The molecule has 1 aliphatic rings. The molecule has 0 aromatic carbocycles. The third kappa shape index (κ3) is 2.56. The molecule has 1 aliphatic heterocycles. The first kappa shape index (κ1) is 13.9. The van der Waals surface area contributed by atoms with Gasteiger partial charge in [-0.3, -0.25) is 14.3 Å². The molecule has 6 nitrogen and oxygen atoms in total. The van der Waals surface area contributed by atoms with E-state index in [0.717, 1.165) is 0 Å². The van der Waals surface area contributed by atoms with Crippen LogP contribution >= 0.6 is 27.7 Å². The fourth-order valence-electron chi connectivity index (χ4n) is 1.96. The zero-order valence-corrected chi connectivity index (χ0v) is 12.0. The quantitative estimate of drug-likeness (QED) is 0.829. The van der Waals surface area contributed by atoms with E-state index in [1.54, 1.807) is 11.8 Å². The summed E-state index contributed by atoms with van der Waals surface area (Å²) in [5, 5.41) is 9.34. The summed E-state index contributed by atoms with van der Waals surface area (Å²) in [7, 11) is 0. The maximum Gasteiger partial charge on any atom is 0.330 e. The van der Waals surface area contributed by atoms with Crippen LogP contribution in [0.1, 0.15) is 12.6 Å². The smallest absolute Gasteiger partial charge is 0.330 e. The monoisotopic (exact) mass is 336 g/mol. The molecular weight excluding hydrogens is 324 g/mol. The average Bonchev–Trinajstić information content (AvgIpc) is 2.76. The Morgan fingerprint density at radius 3 is 2.94 bits per heavy atom. The van der Waals surface area contributed by atoms with E-state index in [1.807, 2.05) is 6.26 Å². The standard InChI is InChI=1S/C10H13BrN2O4S/c1-18-7-2-8(17-6(7)4-14)13-3-5(11)9(15)12-10(13)16/h3,6-8,14H,2,4H2,1H3,(H,12,15,16)/t6-,7-,8-/m1/s1. The average molecular weight is 337 g/mol. The molecule has 0 bridgehead atoms. The van der Waals surface area contributed by atoms with Gasteiger partial charge in [-0.05, 0) is 22.2 Å². The molecule has 0 amide bonds. The Balaban J connectivity index is 2.31. The summed E-state index contributed by atoms with van der Waals surface area (Å²) < 4.78 is 7.24. The molecule has 0 spiro atoms. The number of H-pyrrole nitrogens is 1. The molecule has 3 atom stereocenters. The highest BCUT2D eigenvalue weighted by Gasteiger charge is 2.35. The lowest BCUT2D eigenvalue weighted by atomic mass is 10.2. The van der Waals surface area contributed by atoms with Gasteiger partial charge in [-0.25, -0.2) is 4.79 Å². The molecule has 1 saturated heterocycles. The first-order chi connectivity index (χ1) is 8.56. The van der Waals surface area contributed by atoms with Crippen molar-refractivity contribution in [2.45, 2.75) is 24.0 Å². The number of aromatic nitrogens is 2. The van der Waals surface area contributed by atoms with Crippen LogP contribution in [0.4, 0.5) is 0 Å². The summed E-state index contributed by atoms with van der Waals surface area (Å²) in [6, 6.07) is 0. The molecular formula is C10H13BrN2O4S. The molecule has 1 fully saturated rings. The summed E-state index contributed by atoms with van der Waals surface area (Å²) in [6.45, 7) is -0.0821. The van der Waals surface area contributed by atoms with Crippen molar-refractivity contribution in [3.8, 4) is 0 Å². The van der Waals surface area contributed by atoms with Crippen LogP contribution in [0.15, 0.2) is 20.3 Å². The van der Waals surface area contributed by atoms with Crippen LogP contribution in [0.25, 0.3) is 0 Å². The Hall–Kier alpha value is -0.570.